The molecule has 0 aromatic heterocycles. The van der Waals surface area contributed by atoms with Gasteiger partial charge < -0.3 is 15.0 Å². The Balaban J connectivity index is 2.14. The van der Waals surface area contributed by atoms with Crippen LogP contribution in [-0.4, -0.2) is 49.8 Å². The lowest BCUT2D eigenvalue weighted by atomic mass is 9.96. The Morgan fingerprint density at radius 2 is 2.06 bits per heavy atom. The quantitative estimate of drug-likeness (QED) is 0.722. The zero-order valence-electron chi connectivity index (χ0n) is 12.7. The predicted molar refractivity (Wildman–Crippen MR) is 78.0 cm³/mol. The summed E-state index contributed by atoms with van der Waals surface area (Å²) in [6.45, 7) is 14.5. The van der Waals surface area contributed by atoms with E-state index in [-0.39, 0.29) is 0 Å². The molecule has 3 atom stereocenters. The van der Waals surface area contributed by atoms with E-state index in [1.54, 1.807) is 0 Å². The Morgan fingerprint density at radius 3 is 2.67 bits per heavy atom. The van der Waals surface area contributed by atoms with Crippen LogP contribution in [0.15, 0.2) is 0 Å². The number of nitrogens with zero attached hydrogens (tertiary/aromatic N) is 1. The Kier molecular flexibility index (Phi) is 7.87. The fourth-order valence-electron chi connectivity index (χ4n) is 2.74. The number of rotatable bonds is 8. The normalized spacial score (nSPS) is 26.5. The first-order valence-electron chi connectivity index (χ1n) is 7.73. The van der Waals surface area contributed by atoms with Gasteiger partial charge in [0.2, 0.25) is 0 Å². The summed E-state index contributed by atoms with van der Waals surface area (Å²) in [5, 5.41) is 3.78. The molecule has 0 bridgehead atoms. The second kappa shape index (κ2) is 8.89. The van der Waals surface area contributed by atoms with Crippen LogP contribution < -0.4 is 5.32 Å². The van der Waals surface area contributed by atoms with Gasteiger partial charge in [0.05, 0.1) is 6.61 Å². The molecule has 3 heteroatoms. The standard InChI is InChI=1S/C15H32N2O/c1-5-17(6-2)10-7-8-14(4)16-15-9-11-18-12-13(15)3/h13-16H,5-12H2,1-4H3. The third-order valence-corrected chi connectivity index (χ3v) is 4.15. The molecule has 1 aliphatic rings. The summed E-state index contributed by atoms with van der Waals surface area (Å²) in [5.41, 5.74) is 0. The first-order chi connectivity index (χ1) is 8.67. The first-order valence-corrected chi connectivity index (χ1v) is 7.73. The highest BCUT2D eigenvalue weighted by molar-refractivity contribution is 4.79. The smallest absolute Gasteiger partial charge is 0.0506 e. The molecule has 0 amide bonds. The molecule has 1 rings (SSSR count). The molecule has 1 saturated heterocycles. The molecule has 1 aliphatic heterocycles. The van der Waals surface area contributed by atoms with Crippen LogP contribution in [0.5, 0.6) is 0 Å². The van der Waals surface area contributed by atoms with E-state index < -0.39 is 0 Å². The third kappa shape index (κ3) is 5.68. The highest BCUT2D eigenvalue weighted by Gasteiger charge is 2.22. The number of ether oxygens (including phenoxy) is 1. The van der Waals surface area contributed by atoms with E-state index in [1.807, 2.05) is 0 Å². The van der Waals surface area contributed by atoms with Gasteiger partial charge in [0.15, 0.2) is 0 Å². The minimum absolute atomic E-state index is 0.631. The van der Waals surface area contributed by atoms with Gasteiger partial charge in [-0.3, -0.25) is 0 Å². The molecule has 18 heavy (non-hydrogen) atoms. The van der Waals surface area contributed by atoms with Crippen molar-refractivity contribution < 1.29 is 4.74 Å². The number of nitrogens with one attached hydrogen (secondary N) is 1. The Labute approximate surface area is 113 Å². The molecule has 3 unspecified atom stereocenters. The van der Waals surface area contributed by atoms with Gasteiger partial charge in [0.1, 0.15) is 0 Å². The van der Waals surface area contributed by atoms with Gasteiger partial charge in [0.25, 0.3) is 0 Å². The summed E-state index contributed by atoms with van der Waals surface area (Å²) in [6.07, 6.45) is 3.75. The maximum Gasteiger partial charge on any atom is 0.0506 e. The Morgan fingerprint density at radius 1 is 1.33 bits per heavy atom. The van der Waals surface area contributed by atoms with Crippen LogP contribution in [0.1, 0.15) is 47.0 Å². The molecular weight excluding hydrogens is 224 g/mol. The molecular formula is C15H32N2O. The van der Waals surface area contributed by atoms with Crippen LogP contribution in [0.3, 0.4) is 0 Å². The zero-order chi connectivity index (χ0) is 13.4. The molecule has 1 N–H and O–H groups in total. The number of hydrogen-bond acceptors (Lipinski definition) is 3. The van der Waals surface area contributed by atoms with Crippen LogP contribution in [0.25, 0.3) is 0 Å². The summed E-state index contributed by atoms with van der Waals surface area (Å²) in [4.78, 5) is 2.50. The maximum atomic E-state index is 5.49. The van der Waals surface area contributed by atoms with Gasteiger partial charge in [-0.2, -0.15) is 0 Å². The van der Waals surface area contributed by atoms with Crippen molar-refractivity contribution in [3.05, 3.63) is 0 Å². The first kappa shape index (κ1) is 15.9. The summed E-state index contributed by atoms with van der Waals surface area (Å²) in [6, 6.07) is 1.29. The Hall–Kier alpha value is -0.120. The van der Waals surface area contributed by atoms with Gasteiger partial charge in [-0.05, 0) is 51.7 Å². The topological polar surface area (TPSA) is 24.5 Å². The van der Waals surface area contributed by atoms with Crippen molar-refractivity contribution in [3.8, 4) is 0 Å². The minimum atomic E-state index is 0.631. The van der Waals surface area contributed by atoms with E-state index in [4.69, 9.17) is 4.74 Å². The van der Waals surface area contributed by atoms with Gasteiger partial charge in [0, 0.05) is 18.7 Å². The van der Waals surface area contributed by atoms with Gasteiger partial charge in [-0.15, -0.1) is 0 Å². The zero-order valence-corrected chi connectivity index (χ0v) is 12.7. The minimum Gasteiger partial charge on any atom is -0.381 e. The average Bonchev–Trinajstić information content (AvgIpc) is 2.37. The lowest BCUT2D eigenvalue weighted by molar-refractivity contribution is 0.0360. The summed E-state index contributed by atoms with van der Waals surface area (Å²) >= 11 is 0. The van der Waals surface area contributed by atoms with Crippen LogP contribution in [0.4, 0.5) is 0 Å². The van der Waals surface area contributed by atoms with Crippen LogP contribution in [0.2, 0.25) is 0 Å². The van der Waals surface area contributed by atoms with Gasteiger partial charge in [-0.25, -0.2) is 0 Å². The largest absolute Gasteiger partial charge is 0.381 e. The third-order valence-electron chi connectivity index (χ3n) is 4.15. The second-order valence-electron chi connectivity index (χ2n) is 5.68. The highest BCUT2D eigenvalue weighted by atomic mass is 16.5. The van der Waals surface area contributed by atoms with Crippen LogP contribution in [0, 0.1) is 5.92 Å². The lowest BCUT2D eigenvalue weighted by Crippen LogP contribution is -2.45. The average molecular weight is 256 g/mol. The molecule has 0 saturated carbocycles. The van der Waals surface area contributed by atoms with Crippen molar-refractivity contribution >= 4 is 0 Å². The maximum absolute atomic E-state index is 5.49. The fraction of sp³-hybridized carbons (Fsp3) is 1.00. The second-order valence-corrected chi connectivity index (χ2v) is 5.68. The summed E-state index contributed by atoms with van der Waals surface area (Å²) in [7, 11) is 0. The van der Waals surface area contributed by atoms with Crippen molar-refractivity contribution in [3.63, 3.8) is 0 Å². The molecule has 0 aromatic rings. The lowest BCUT2D eigenvalue weighted by Gasteiger charge is -2.32. The molecule has 1 heterocycles. The SMILES string of the molecule is CCN(CC)CCCC(C)NC1CCOCC1C. The number of hydrogen-bond donors (Lipinski definition) is 1. The van der Waals surface area contributed by atoms with E-state index in [1.165, 1.54) is 38.9 Å². The van der Waals surface area contributed by atoms with E-state index in [9.17, 15) is 0 Å². The highest BCUT2D eigenvalue weighted by Crippen LogP contribution is 2.15. The van der Waals surface area contributed by atoms with Crippen molar-refractivity contribution in [2.24, 2.45) is 5.92 Å². The van der Waals surface area contributed by atoms with E-state index in [0.29, 0.717) is 18.0 Å². The fourth-order valence-corrected chi connectivity index (χ4v) is 2.74. The molecule has 3 nitrogen and oxygen atoms in total. The van der Waals surface area contributed by atoms with Crippen molar-refractivity contribution in [2.75, 3.05) is 32.8 Å². The van der Waals surface area contributed by atoms with Crippen molar-refractivity contribution in [1.29, 1.82) is 0 Å². The molecule has 108 valence electrons. The van der Waals surface area contributed by atoms with Crippen LogP contribution >= 0.6 is 0 Å². The molecule has 0 aliphatic carbocycles. The van der Waals surface area contributed by atoms with Crippen molar-refractivity contribution in [2.45, 2.75) is 59.0 Å². The molecule has 0 aromatic carbocycles. The van der Waals surface area contributed by atoms with Crippen molar-refractivity contribution in [1.82, 2.24) is 10.2 Å². The van der Waals surface area contributed by atoms with Gasteiger partial charge >= 0.3 is 0 Å². The van der Waals surface area contributed by atoms with E-state index >= 15 is 0 Å². The summed E-state index contributed by atoms with van der Waals surface area (Å²) in [5.74, 6) is 0.656. The molecule has 0 spiro atoms. The summed E-state index contributed by atoms with van der Waals surface area (Å²) < 4.78 is 5.49. The molecule has 0 radical (unpaired) electrons. The van der Waals surface area contributed by atoms with E-state index in [0.717, 1.165) is 13.2 Å². The Bertz CT molecular complexity index is 207. The molecule has 1 fully saturated rings. The van der Waals surface area contributed by atoms with Gasteiger partial charge in [-0.1, -0.05) is 20.8 Å². The predicted octanol–water partition coefficient (Wildman–Crippen LogP) is 2.51. The monoisotopic (exact) mass is 256 g/mol. The van der Waals surface area contributed by atoms with Crippen LogP contribution in [-0.2, 0) is 4.74 Å². The van der Waals surface area contributed by atoms with E-state index in [2.05, 4.69) is 37.9 Å².